The highest BCUT2D eigenvalue weighted by Crippen LogP contribution is 2.40. The molecule has 0 fully saturated rings. The van der Waals surface area contributed by atoms with Crippen LogP contribution in [0.3, 0.4) is 0 Å². The van der Waals surface area contributed by atoms with E-state index in [9.17, 15) is 4.39 Å². The summed E-state index contributed by atoms with van der Waals surface area (Å²) in [6.45, 7) is 11.1. The summed E-state index contributed by atoms with van der Waals surface area (Å²) >= 11 is 1.75. The molecule has 2 heterocycles. The average molecular weight is 443 g/mol. The summed E-state index contributed by atoms with van der Waals surface area (Å²) in [6, 6.07) is 16.0. The lowest BCUT2D eigenvalue weighted by atomic mass is 9.88. The number of fused-ring (bicyclic) bond motifs is 4. The van der Waals surface area contributed by atoms with Crippen LogP contribution in [0.1, 0.15) is 51.7 Å². The zero-order chi connectivity index (χ0) is 22.6. The topological polar surface area (TPSA) is 25.8 Å². The van der Waals surface area contributed by atoms with Crippen molar-refractivity contribution in [3.05, 3.63) is 71.8 Å². The van der Waals surface area contributed by atoms with Crippen molar-refractivity contribution >= 4 is 42.4 Å². The summed E-state index contributed by atoms with van der Waals surface area (Å²) < 4.78 is 16.3. The lowest BCUT2D eigenvalue weighted by Gasteiger charge is -2.17. The zero-order valence-electron chi connectivity index (χ0n) is 19.2. The molecule has 5 rings (SSSR count). The van der Waals surface area contributed by atoms with Gasteiger partial charge in [0.25, 0.3) is 0 Å². The molecule has 0 amide bonds. The first kappa shape index (κ1) is 21.0. The van der Waals surface area contributed by atoms with Gasteiger partial charge in [0.1, 0.15) is 12.1 Å². The van der Waals surface area contributed by atoms with E-state index in [1.54, 1.807) is 23.7 Å². The zero-order valence-corrected chi connectivity index (χ0v) is 20.0. The van der Waals surface area contributed by atoms with Crippen LogP contribution in [-0.4, -0.2) is 9.97 Å². The SMILES string of the molecule is CC(C)c1cc(-c2ncnc3c2sc2cc(CC(C)(C)C)ccc23)cc2cc(F)ccc12. The minimum absolute atomic E-state index is 0.217. The van der Waals surface area contributed by atoms with Crippen molar-refractivity contribution in [1.82, 2.24) is 9.97 Å². The van der Waals surface area contributed by atoms with Gasteiger partial charge in [-0.05, 0) is 70.0 Å². The van der Waals surface area contributed by atoms with Crippen LogP contribution in [0.5, 0.6) is 0 Å². The van der Waals surface area contributed by atoms with Crippen molar-refractivity contribution in [2.75, 3.05) is 0 Å². The fourth-order valence-electron chi connectivity index (χ4n) is 4.53. The highest BCUT2D eigenvalue weighted by molar-refractivity contribution is 7.26. The molecule has 4 heteroatoms. The summed E-state index contributed by atoms with van der Waals surface area (Å²) in [7, 11) is 0. The molecule has 0 saturated carbocycles. The monoisotopic (exact) mass is 442 g/mol. The first-order valence-corrected chi connectivity index (χ1v) is 11.9. The van der Waals surface area contributed by atoms with Crippen LogP contribution < -0.4 is 0 Å². The Hall–Kier alpha value is -2.85. The minimum atomic E-state index is -0.217. The molecule has 2 nitrogen and oxygen atoms in total. The van der Waals surface area contributed by atoms with Crippen LogP contribution in [0.25, 0.3) is 42.3 Å². The van der Waals surface area contributed by atoms with Crippen molar-refractivity contribution in [2.45, 2.75) is 47.0 Å². The molecule has 0 aliphatic carbocycles. The summed E-state index contributed by atoms with van der Waals surface area (Å²) in [6.07, 6.45) is 2.68. The van der Waals surface area contributed by atoms with E-state index in [1.165, 1.54) is 27.3 Å². The number of halogens is 1. The second-order valence-corrected chi connectivity index (χ2v) is 11.2. The van der Waals surface area contributed by atoms with Crippen molar-refractivity contribution in [3.63, 3.8) is 0 Å². The molecule has 0 atom stereocenters. The molecule has 32 heavy (non-hydrogen) atoms. The molecule has 2 aromatic heterocycles. The molecular weight excluding hydrogens is 415 g/mol. The first-order chi connectivity index (χ1) is 15.2. The van der Waals surface area contributed by atoms with Crippen molar-refractivity contribution in [3.8, 4) is 11.3 Å². The highest BCUT2D eigenvalue weighted by atomic mass is 32.1. The fraction of sp³-hybridized carbons (Fsp3) is 0.286. The van der Waals surface area contributed by atoms with E-state index >= 15 is 0 Å². The molecule has 3 aromatic carbocycles. The number of rotatable bonds is 3. The number of benzene rings is 3. The van der Waals surface area contributed by atoms with E-state index in [-0.39, 0.29) is 11.2 Å². The quantitative estimate of drug-likeness (QED) is 0.280. The molecule has 0 radical (unpaired) electrons. The van der Waals surface area contributed by atoms with Gasteiger partial charge < -0.3 is 0 Å². The largest absolute Gasteiger partial charge is 0.235 e. The number of hydrogen-bond acceptors (Lipinski definition) is 3. The molecule has 0 saturated heterocycles. The Morgan fingerprint density at radius 3 is 2.47 bits per heavy atom. The number of hydrogen-bond donors (Lipinski definition) is 0. The Balaban J connectivity index is 1.74. The van der Waals surface area contributed by atoms with E-state index in [2.05, 4.69) is 74.9 Å². The molecule has 0 aliphatic rings. The van der Waals surface area contributed by atoms with Gasteiger partial charge in [-0.25, -0.2) is 14.4 Å². The predicted molar refractivity (Wildman–Crippen MR) is 135 cm³/mol. The Morgan fingerprint density at radius 1 is 0.938 bits per heavy atom. The van der Waals surface area contributed by atoms with Gasteiger partial charge in [-0.1, -0.05) is 52.8 Å². The van der Waals surface area contributed by atoms with Crippen LogP contribution >= 0.6 is 11.3 Å². The second-order valence-electron chi connectivity index (χ2n) is 10.2. The van der Waals surface area contributed by atoms with Crippen LogP contribution in [0, 0.1) is 11.2 Å². The van der Waals surface area contributed by atoms with E-state index in [0.29, 0.717) is 5.92 Å². The number of thiophene rings is 1. The van der Waals surface area contributed by atoms with Gasteiger partial charge in [0.05, 0.1) is 15.9 Å². The molecule has 0 spiro atoms. The molecule has 0 aliphatic heterocycles. The molecule has 162 valence electrons. The maximum atomic E-state index is 14.0. The third-order valence-corrected chi connectivity index (χ3v) is 7.04. The highest BCUT2D eigenvalue weighted by Gasteiger charge is 2.17. The molecule has 5 aromatic rings. The summed E-state index contributed by atoms with van der Waals surface area (Å²) in [4.78, 5) is 9.32. The second kappa shape index (κ2) is 7.63. The Morgan fingerprint density at radius 2 is 1.72 bits per heavy atom. The van der Waals surface area contributed by atoms with Crippen LogP contribution in [-0.2, 0) is 6.42 Å². The molecule has 0 N–H and O–H groups in total. The standard InChI is InChI=1S/C28H27FN2S/c1-16(2)23-13-19(11-18-12-20(29)7-9-21(18)23)25-27-26(31-15-30-25)22-8-6-17(10-24(22)32-27)14-28(3,4)5/h6-13,15-16H,14H2,1-5H3. The molecule has 0 unspecified atom stereocenters. The van der Waals surface area contributed by atoms with Crippen LogP contribution in [0.4, 0.5) is 4.39 Å². The fourth-order valence-corrected chi connectivity index (χ4v) is 5.76. The smallest absolute Gasteiger partial charge is 0.123 e. The minimum Gasteiger partial charge on any atom is -0.235 e. The Kier molecular flexibility index (Phi) is 5.01. The Bertz CT molecular complexity index is 1470. The first-order valence-electron chi connectivity index (χ1n) is 11.1. The predicted octanol–water partition coefficient (Wildman–Crippen LogP) is 8.52. The third kappa shape index (κ3) is 3.77. The summed E-state index contributed by atoms with van der Waals surface area (Å²) in [5.41, 5.74) is 5.71. The summed E-state index contributed by atoms with van der Waals surface area (Å²) in [5.74, 6) is 0.105. The maximum absolute atomic E-state index is 14.0. The lowest BCUT2D eigenvalue weighted by molar-refractivity contribution is 0.411. The Labute approximate surface area is 192 Å². The number of aromatic nitrogens is 2. The van der Waals surface area contributed by atoms with E-state index in [0.717, 1.165) is 38.7 Å². The van der Waals surface area contributed by atoms with E-state index < -0.39 is 0 Å². The van der Waals surface area contributed by atoms with Crippen molar-refractivity contribution in [2.24, 2.45) is 5.41 Å². The third-order valence-electron chi connectivity index (χ3n) is 5.89. The summed E-state index contributed by atoms with van der Waals surface area (Å²) in [5, 5.41) is 3.17. The molecular formula is C28H27FN2S. The van der Waals surface area contributed by atoms with Crippen molar-refractivity contribution < 1.29 is 4.39 Å². The van der Waals surface area contributed by atoms with Gasteiger partial charge in [0, 0.05) is 15.6 Å². The molecule has 0 bridgehead atoms. The van der Waals surface area contributed by atoms with Crippen molar-refractivity contribution in [1.29, 1.82) is 0 Å². The number of nitrogens with zero attached hydrogens (tertiary/aromatic N) is 2. The van der Waals surface area contributed by atoms with Gasteiger partial charge in [-0.15, -0.1) is 11.3 Å². The van der Waals surface area contributed by atoms with Gasteiger partial charge in [-0.2, -0.15) is 0 Å². The average Bonchev–Trinajstić information content (AvgIpc) is 3.09. The van der Waals surface area contributed by atoms with Crippen LogP contribution in [0.15, 0.2) is 54.9 Å². The normalized spacial score (nSPS) is 12.5. The lowest BCUT2D eigenvalue weighted by Crippen LogP contribution is -2.08. The van der Waals surface area contributed by atoms with E-state index in [4.69, 9.17) is 0 Å². The maximum Gasteiger partial charge on any atom is 0.123 e. The van der Waals surface area contributed by atoms with E-state index in [1.807, 2.05) is 6.07 Å². The van der Waals surface area contributed by atoms with Gasteiger partial charge in [-0.3, -0.25) is 0 Å². The van der Waals surface area contributed by atoms with Crippen LogP contribution in [0.2, 0.25) is 0 Å². The van der Waals surface area contributed by atoms with Gasteiger partial charge in [0.2, 0.25) is 0 Å². The van der Waals surface area contributed by atoms with Gasteiger partial charge in [0.15, 0.2) is 0 Å². The van der Waals surface area contributed by atoms with Gasteiger partial charge >= 0.3 is 0 Å².